The number of nitrogens with zero attached hydrogens (tertiary/aromatic N) is 1. The van der Waals surface area contributed by atoms with Crippen molar-refractivity contribution in [2.75, 3.05) is 25.0 Å². The number of carbonyl (C=O) groups excluding carboxylic acids is 1. The molecule has 1 amide bonds. The van der Waals surface area contributed by atoms with Crippen LogP contribution in [0.3, 0.4) is 0 Å². The van der Waals surface area contributed by atoms with Crippen molar-refractivity contribution in [3.8, 4) is 5.75 Å². The average molecular weight is 374 g/mol. The number of hydrogen-bond donors (Lipinski definition) is 1. The van der Waals surface area contributed by atoms with Gasteiger partial charge in [0.05, 0.1) is 11.5 Å². The van der Waals surface area contributed by atoms with Crippen LogP contribution in [0.4, 0.5) is 5.69 Å². The van der Waals surface area contributed by atoms with Crippen LogP contribution in [0, 0.1) is 0 Å². The maximum atomic E-state index is 12.7. The Labute approximate surface area is 153 Å². The van der Waals surface area contributed by atoms with Gasteiger partial charge in [-0.25, -0.2) is 8.42 Å². The van der Waals surface area contributed by atoms with Crippen LogP contribution in [0.1, 0.15) is 30.1 Å². The van der Waals surface area contributed by atoms with Gasteiger partial charge in [-0.2, -0.15) is 4.31 Å². The molecular formula is C19H22N2O4S. The van der Waals surface area contributed by atoms with Gasteiger partial charge in [-0.1, -0.05) is 12.1 Å². The maximum absolute atomic E-state index is 12.7. The fourth-order valence-corrected chi connectivity index (χ4v) is 4.47. The standard InChI is InChI=1S/C19H22N2O4S/c1-2-25-17-9-6-8-16(14-17)20-19(22)15-7-5-10-18(13-15)26(23,24)21-11-3-4-12-21/h5-10,13-14H,2-4,11-12H2,1H3,(H,20,22). The third-order valence-electron chi connectivity index (χ3n) is 4.20. The fourth-order valence-electron chi connectivity index (χ4n) is 2.91. The number of nitrogens with one attached hydrogen (secondary N) is 1. The van der Waals surface area contributed by atoms with Crippen molar-refractivity contribution in [2.45, 2.75) is 24.7 Å². The second-order valence-electron chi connectivity index (χ2n) is 6.05. The SMILES string of the molecule is CCOc1cccc(NC(=O)c2cccc(S(=O)(=O)N3CCCC3)c2)c1. The normalized spacial score (nSPS) is 15.0. The van der Waals surface area contributed by atoms with Crippen LogP contribution in [0.15, 0.2) is 53.4 Å². The Morgan fingerprint density at radius 3 is 2.58 bits per heavy atom. The Kier molecular flexibility index (Phi) is 5.58. The molecule has 3 rings (SSSR count). The summed E-state index contributed by atoms with van der Waals surface area (Å²) in [6, 6.07) is 13.2. The van der Waals surface area contributed by atoms with Gasteiger partial charge >= 0.3 is 0 Å². The first-order chi connectivity index (χ1) is 12.5. The van der Waals surface area contributed by atoms with Crippen molar-refractivity contribution in [1.29, 1.82) is 0 Å². The smallest absolute Gasteiger partial charge is 0.255 e. The van der Waals surface area contributed by atoms with E-state index in [1.165, 1.54) is 16.4 Å². The molecule has 0 bridgehead atoms. The molecule has 0 saturated carbocycles. The highest BCUT2D eigenvalue weighted by Crippen LogP contribution is 2.22. The first kappa shape index (κ1) is 18.4. The highest BCUT2D eigenvalue weighted by atomic mass is 32.2. The number of amides is 1. The molecule has 2 aromatic rings. The zero-order chi connectivity index (χ0) is 18.6. The molecule has 0 aliphatic carbocycles. The predicted octanol–water partition coefficient (Wildman–Crippen LogP) is 3.12. The summed E-state index contributed by atoms with van der Waals surface area (Å²) in [7, 11) is -3.55. The second-order valence-corrected chi connectivity index (χ2v) is 7.99. The molecule has 7 heteroatoms. The summed E-state index contributed by atoms with van der Waals surface area (Å²) < 4.78 is 32.2. The minimum atomic E-state index is -3.55. The van der Waals surface area contributed by atoms with Crippen molar-refractivity contribution < 1.29 is 17.9 Å². The maximum Gasteiger partial charge on any atom is 0.255 e. The highest BCUT2D eigenvalue weighted by Gasteiger charge is 2.27. The predicted molar refractivity (Wildman–Crippen MR) is 100.0 cm³/mol. The largest absolute Gasteiger partial charge is 0.494 e. The van der Waals surface area contributed by atoms with Crippen LogP contribution in [-0.2, 0) is 10.0 Å². The monoisotopic (exact) mass is 374 g/mol. The van der Waals surface area contributed by atoms with Crippen molar-refractivity contribution >= 4 is 21.6 Å². The number of benzene rings is 2. The Morgan fingerprint density at radius 2 is 1.85 bits per heavy atom. The molecule has 1 aliphatic heterocycles. The minimum absolute atomic E-state index is 0.148. The van der Waals surface area contributed by atoms with E-state index in [0.29, 0.717) is 36.7 Å². The van der Waals surface area contributed by atoms with E-state index in [0.717, 1.165) is 12.8 Å². The first-order valence-corrected chi connectivity index (χ1v) is 10.1. The summed E-state index contributed by atoms with van der Waals surface area (Å²) in [5, 5.41) is 2.78. The van der Waals surface area contributed by atoms with Gasteiger partial charge in [0.25, 0.3) is 5.91 Å². The van der Waals surface area contributed by atoms with Gasteiger partial charge in [-0.15, -0.1) is 0 Å². The lowest BCUT2D eigenvalue weighted by atomic mass is 10.2. The van der Waals surface area contributed by atoms with Gasteiger partial charge in [0, 0.05) is 30.4 Å². The molecule has 0 atom stereocenters. The van der Waals surface area contributed by atoms with Crippen molar-refractivity contribution in [1.82, 2.24) is 4.31 Å². The zero-order valence-electron chi connectivity index (χ0n) is 14.6. The fraction of sp³-hybridized carbons (Fsp3) is 0.316. The van der Waals surface area contributed by atoms with Crippen molar-refractivity contribution in [3.63, 3.8) is 0 Å². The molecular weight excluding hydrogens is 352 g/mol. The third kappa shape index (κ3) is 4.05. The Balaban J connectivity index is 1.79. The molecule has 26 heavy (non-hydrogen) atoms. The van der Waals surface area contributed by atoms with E-state index in [2.05, 4.69) is 5.32 Å². The van der Waals surface area contributed by atoms with Gasteiger partial charge in [-0.3, -0.25) is 4.79 Å². The van der Waals surface area contributed by atoms with Gasteiger partial charge in [0.15, 0.2) is 0 Å². The van der Waals surface area contributed by atoms with Crippen molar-refractivity contribution in [2.24, 2.45) is 0 Å². The van der Waals surface area contributed by atoms with E-state index in [1.54, 1.807) is 30.3 Å². The molecule has 1 saturated heterocycles. The van der Waals surface area contributed by atoms with Gasteiger partial charge in [0.1, 0.15) is 5.75 Å². The van der Waals surface area contributed by atoms with Gasteiger partial charge in [-0.05, 0) is 50.1 Å². The van der Waals surface area contributed by atoms with Gasteiger partial charge < -0.3 is 10.1 Å². The van der Waals surface area contributed by atoms with E-state index in [1.807, 2.05) is 13.0 Å². The molecule has 1 N–H and O–H groups in total. The van der Waals surface area contributed by atoms with Crippen LogP contribution in [0.2, 0.25) is 0 Å². The van der Waals surface area contributed by atoms with Gasteiger partial charge in [0.2, 0.25) is 10.0 Å². The lowest BCUT2D eigenvalue weighted by Crippen LogP contribution is -2.28. The summed E-state index contributed by atoms with van der Waals surface area (Å²) in [5.74, 6) is 0.299. The topological polar surface area (TPSA) is 75.7 Å². The van der Waals surface area contributed by atoms with E-state index in [-0.39, 0.29) is 10.8 Å². The zero-order valence-corrected chi connectivity index (χ0v) is 15.5. The highest BCUT2D eigenvalue weighted by molar-refractivity contribution is 7.89. The number of hydrogen-bond acceptors (Lipinski definition) is 4. The van der Waals surface area contributed by atoms with E-state index in [9.17, 15) is 13.2 Å². The molecule has 0 radical (unpaired) electrons. The quantitative estimate of drug-likeness (QED) is 0.843. The molecule has 1 heterocycles. The molecule has 138 valence electrons. The van der Waals surface area contributed by atoms with E-state index in [4.69, 9.17) is 4.74 Å². The summed E-state index contributed by atoms with van der Waals surface area (Å²) in [6.07, 6.45) is 1.74. The second kappa shape index (κ2) is 7.88. The molecule has 6 nitrogen and oxygen atoms in total. The summed E-state index contributed by atoms with van der Waals surface area (Å²) in [6.45, 7) is 3.48. The average Bonchev–Trinajstić information content (AvgIpc) is 3.18. The van der Waals surface area contributed by atoms with Crippen LogP contribution in [-0.4, -0.2) is 38.3 Å². The minimum Gasteiger partial charge on any atom is -0.494 e. The molecule has 0 spiro atoms. The number of sulfonamides is 1. The summed E-state index contributed by atoms with van der Waals surface area (Å²) in [5.41, 5.74) is 0.890. The summed E-state index contributed by atoms with van der Waals surface area (Å²) in [4.78, 5) is 12.7. The Morgan fingerprint density at radius 1 is 1.12 bits per heavy atom. The number of anilines is 1. The number of ether oxygens (including phenoxy) is 1. The van der Waals surface area contributed by atoms with Crippen LogP contribution in [0.5, 0.6) is 5.75 Å². The van der Waals surface area contributed by atoms with Crippen LogP contribution in [0.25, 0.3) is 0 Å². The molecule has 0 aromatic heterocycles. The first-order valence-electron chi connectivity index (χ1n) is 8.65. The molecule has 1 fully saturated rings. The van der Waals surface area contributed by atoms with E-state index >= 15 is 0 Å². The van der Waals surface area contributed by atoms with E-state index < -0.39 is 10.0 Å². The third-order valence-corrected chi connectivity index (χ3v) is 6.10. The van der Waals surface area contributed by atoms with Crippen molar-refractivity contribution in [3.05, 3.63) is 54.1 Å². The number of carbonyl (C=O) groups is 1. The van der Waals surface area contributed by atoms with Crippen LogP contribution < -0.4 is 10.1 Å². The molecule has 2 aromatic carbocycles. The lowest BCUT2D eigenvalue weighted by molar-refractivity contribution is 0.102. The lowest BCUT2D eigenvalue weighted by Gasteiger charge is -2.16. The Hall–Kier alpha value is -2.38. The number of rotatable bonds is 6. The Bertz CT molecular complexity index is 890. The molecule has 1 aliphatic rings. The summed E-state index contributed by atoms with van der Waals surface area (Å²) >= 11 is 0. The molecule has 0 unspecified atom stereocenters. The van der Waals surface area contributed by atoms with Crippen LogP contribution >= 0.6 is 0 Å².